The number of rotatable bonds is 2. The molecule has 2 aromatic rings. The summed E-state index contributed by atoms with van der Waals surface area (Å²) in [7, 11) is 0. The molecule has 14 heavy (non-hydrogen) atoms. The van der Waals surface area contributed by atoms with E-state index in [1.54, 1.807) is 12.1 Å². The molecule has 0 aromatic carbocycles. The molecule has 6 heteroatoms. The fourth-order valence-electron chi connectivity index (χ4n) is 0.916. The minimum absolute atomic E-state index is 0.306. The van der Waals surface area contributed by atoms with Gasteiger partial charge in [-0.25, -0.2) is 0 Å². The third-order valence-electron chi connectivity index (χ3n) is 1.54. The SMILES string of the molecule is O=C(Nc1ccon1)c1ccoc1Br. The highest BCUT2D eigenvalue weighted by Crippen LogP contribution is 2.18. The fraction of sp³-hybridized carbons (Fsp3) is 0. The lowest BCUT2D eigenvalue weighted by molar-refractivity contribution is 0.102. The molecule has 2 heterocycles. The second kappa shape index (κ2) is 3.67. The van der Waals surface area contributed by atoms with Crippen LogP contribution in [0, 0.1) is 0 Å². The average molecular weight is 257 g/mol. The number of halogens is 1. The van der Waals surface area contributed by atoms with Crippen molar-refractivity contribution >= 4 is 27.7 Å². The number of carbonyl (C=O) groups is 1. The van der Waals surface area contributed by atoms with E-state index in [2.05, 4.69) is 30.9 Å². The van der Waals surface area contributed by atoms with Gasteiger partial charge in [0.1, 0.15) is 6.26 Å². The molecule has 1 amide bonds. The second-order valence-electron chi connectivity index (χ2n) is 2.45. The first kappa shape index (κ1) is 9.01. The highest BCUT2D eigenvalue weighted by molar-refractivity contribution is 9.10. The van der Waals surface area contributed by atoms with Crippen LogP contribution >= 0.6 is 15.9 Å². The highest BCUT2D eigenvalue weighted by atomic mass is 79.9. The summed E-state index contributed by atoms with van der Waals surface area (Å²) < 4.78 is 9.87. The number of hydrogen-bond acceptors (Lipinski definition) is 4. The lowest BCUT2D eigenvalue weighted by atomic mass is 10.3. The Morgan fingerprint density at radius 2 is 2.29 bits per heavy atom. The molecule has 0 unspecified atom stereocenters. The van der Waals surface area contributed by atoms with Crippen LogP contribution < -0.4 is 5.32 Å². The molecular weight excluding hydrogens is 252 g/mol. The van der Waals surface area contributed by atoms with Crippen LogP contribution in [0.2, 0.25) is 0 Å². The van der Waals surface area contributed by atoms with E-state index >= 15 is 0 Å². The minimum atomic E-state index is -0.306. The topological polar surface area (TPSA) is 68.3 Å². The maximum absolute atomic E-state index is 11.5. The normalized spacial score (nSPS) is 10.1. The first-order chi connectivity index (χ1) is 6.77. The van der Waals surface area contributed by atoms with E-state index in [1.807, 2.05) is 0 Å². The Morgan fingerprint density at radius 1 is 1.43 bits per heavy atom. The van der Waals surface area contributed by atoms with Gasteiger partial charge in [0.2, 0.25) is 0 Å². The molecule has 2 rings (SSSR count). The minimum Gasteiger partial charge on any atom is -0.457 e. The predicted molar refractivity (Wildman–Crippen MR) is 50.9 cm³/mol. The van der Waals surface area contributed by atoms with E-state index in [9.17, 15) is 4.79 Å². The van der Waals surface area contributed by atoms with E-state index in [1.165, 1.54) is 12.5 Å². The molecule has 72 valence electrons. The molecule has 0 saturated heterocycles. The maximum atomic E-state index is 11.5. The summed E-state index contributed by atoms with van der Waals surface area (Å²) in [4.78, 5) is 11.5. The van der Waals surface area contributed by atoms with Crippen LogP contribution in [0.15, 0.2) is 38.3 Å². The highest BCUT2D eigenvalue weighted by Gasteiger charge is 2.13. The molecule has 0 saturated carbocycles. The van der Waals surface area contributed by atoms with E-state index in [0.717, 1.165) is 0 Å². The first-order valence-electron chi connectivity index (χ1n) is 3.72. The maximum Gasteiger partial charge on any atom is 0.261 e. The van der Waals surface area contributed by atoms with Gasteiger partial charge in [-0.1, -0.05) is 5.16 Å². The zero-order chi connectivity index (χ0) is 9.97. The van der Waals surface area contributed by atoms with Gasteiger partial charge in [0, 0.05) is 6.07 Å². The lowest BCUT2D eigenvalue weighted by Crippen LogP contribution is -2.11. The Hall–Kier alpha value is -1.56. The van der Waals surface area contributed by atoms with Crippen LogP contribution in [0.3, 0.4) is 0 Å². The van der Waals surface area contributed by atoms with Gasteiger partial charge >= 0.3 is 0 Å². The lowest BCUT2D eigenvalue weighted by Gasteiger charge is -1.97. The van der Waals surface area contributed by atoms with E-state index < -0.39 is 0 Å². The van der Waals surface area contributed by atoms with Gasteiger partial charge in [-0.2, -0.15) is 0 Å². The summed E-state index contributed by atoms with van der Waals surface area (Å²) in [6.07, 6.45) is 2.79. The quantitative estimate of drug-likeness (QED) is 0.895. The Balaban J connectivity index is 2.14. The molecule has 0 bridgehead atoms. The van der Waals surface area contributed by atoms with Crippen molar-refractivity contribution in [1.29, 1.82) is 0 Å². The Morgan fingerprint density at radius 3 is 2.86 bits per heavy atom. The molecule has 0 atom stereocenters. The van der Waals surface area contributed by atoms with Crippen molar-refractivity contribution in [2.24, 2.45) is 0 Å². The van der Waals surface area contributed by atoms with Crippen LogP contribution in [0.5, 0.6) is 0 Å². The third kappa shape index (κ3) is 1.69. The van der Waals surface area contributed by atoms with Gasteiger partial charge in [-0.15, -0.1) is 0 Å². The summed E-state index contributed by atoms with van der Waals surface area (Å²) in [5, 5.41) is 6.07. The monoisotopic (exact) mass is 256 g/mol. The molecule has 0 aliphatic heterocycles. The van der Waals surface area contributed by atoms with Crippen LogP contribution in [0.4, 0.5) is 5.82 Å². The molecule has 0 radical (unpaired) electrons. The van der Waals surface area contributed by atoms with Crippen LogP contribution in [-0.4, -0.2) is 11.1 Å². The Labute approximate surface area is 87.2 Å². The fourth-order valence-corrected chi connectivity index (χ4v) is 1.34. The van der Waals surface area contributed by atoms with E-state index in [4.69, 9.17) is 4.42 Å². The van der Waals surface area contributed by atoms with Crippen molar-refractivity contribution in [2.75, 3.05) is 5.32 Å². The predicted octanol–water partition coefficient (Wildman–Crippen LogP) is 2.28. The van der Waals surface area contributed by atoms with E-state index in [0.29, 0.717) is 16.1 Å². The number of amides is 1. The third-order valence-corrected chi connectivity index (χ3v) is 2.16. The number of aromatic nitrogens is 1. The Bertz CT molecular complexity index is 435. The zero-order valence-corrected chi connectivity index (χ0v) is 8.45. The number of nitrogens with one attached hydrogen (secondary N) is 1. The summed E-state index contributed by atoms with van der Waals surface area (Å²) in [5.74, 6) is 0.0580. The number of nitrogens with zero attached hydrogens (tertiary/aromatic N) is 1. The first-order valence-corrected chi connectivity index (χ1v) is 4.51. The summed E-state index contributed by atoms with van der Waals surface area (Å²) >= 11 is 3.10. The second-order valence-corrected chi connectivity index (χ2v) is 3.17. The molecular formula is C8H5BrN2O3. The standard InChI is InChI=1S/C8H5BrN2O3/c9-7-5(1-3-13-7)8(12)10-6-2-4-14-11-6/h1-4H,(H,10,11,12). The van der Waals surface area contributed by atoms with Gasteiger partial charge in [-0.05, 0) is 22.0 Å². The molecule has 1 N–H and O–H groups in total. The Kier molecular flexibility index (Phi) is 2.36. The molecule has 0 aliphatic rings. The molecule has 0 fully saturated rings. The van der Waals surface area contributed by atoms with Crippen molar-refractivity contribution in [3.8, 4) is 0 Å². The largest absolute Gasteiger partial charge is 0.457 e. The van der Waals surface area contributed by atoms with Crippen molar-refractivity contribution in [3.05, 3.63) is 34.9 Å². The summed E-state index contributed by atoms with van der Waals surface area (Å²) in [5.41, 5.74) is 0.410. The number of furan rings is 1. The van der Waals surface area contributed by atoms with Crippen molar-refractivity contribution in [3.63, 3.8) is 0 Å². The van der Waals surface area contributed by atoms with Crippen molar-refractivity contribution in [1.82, 2.24) is 5.16 Å². The zero-order valence-electron chi connectivity index (χ0n) is 6.86. The van der Waals surface area contributed by atoms with Gasteiger partial charge < -0.3 is 14.3 Å². The smallest absolute Gasteiger partial charge is 0.261 e. The molecule has 2 aromatic heterocycles. The van der Waals surface area contributed by atoms with Gasteiger partial charge in [-0.3, -0.25) is 4.79 Å². The van der Waals surface area contributed by atoms with Crippen LogP contribution in [0.25, 0.3) is 0 Å². The number of carbonyl (C=O) groups excluding carboxylic acids is 1. The van der Waals surface area contributed by atoms with E-state index in [-0.39, 0.29) is 5.91 Å². The number of anilines is 1. The van der Waals surface area contributed by atoms with Gasteiger partial charge in [0.05, 0.1) is 11.8 Å². The van der Waals surface area contributed by atoms with Crippen LogP contribution in [0.1, 0.15) is 10.4 Å². The van der Waals surface area contributed by atoms with Crippen molar-refractivity contribution < 1.29 is 13.7 Å². The van der Waals surface area contributed by atoms with Crippen molar-refractivity contribution in [2.45, 2.75) is 0 Å². The molecule has 5 nitrogen and oxygen atoms in total. The van der Waals surface area contributed by atoms with Crippen LogP contribution in [-0.2, 0) is 0 Å². The average Bonchev–Trinajstić information content (AvgIpc) is 2.75. The van der Waals surface area contributed by atoms with Gasteiger partial charge in [0.25, 0.3) is 5.91 Å². The summed E-state index contributed by atoms with van der Waals surface area (Å²) in [6.45, 7) is 0. The van der Waals surface area contributed by atoms with Gasteiger partial charge in [0.15, 0.2) is 10.5 Å². The summed E-state index contributed by atoms with van der Waals surface area (Å²) in [6, 6.07) is 3.10. The molecule has 0 aliphatic carbocycles. The molecule has 0 spiro atoms. The number of hydrogen-bond donors (Lipinski definition) is 1.